The molecule has 2 bridgehead atoms. The molecule has 3 fully saturated rings. The van der Waals surface area contributed by atoms with Crippen molar-refractivity contribution < 1.29 is 14.4 Å². The summed E-state index contributed by atoms with van der Waals surface area (Å²) in [5.74, 6) is -1.11. The minimum Gasteiger partial charge on any atom is -0.277 e. The van der Waals surface area contributed by atoms with Crippen molar-refractivity contribution in [2.24, 2.45) is 22.7 Å². The molecule has 0 unspecified atom stereocenters. The molecule has 2 saturated carbocycles. The predicted octanol–water partition coefficient (Wildman–Crippen LogP) is 2.88. The number of nitrogens with one attached hydrogen (secondary N) is 1. The predicted molar refractivity (Wildman–Crippen MR) is 100 cm³/mol. The largest absolute Gasteiger partial charge is 0.331 e. The normalized spacial score (nSPS) is 31.9. The van der Waals surface area contributed by atoms with Gasteiger partial charge in [0.05, 0.1) is 5.69 Å². The molecule has 4 rings (SSSR count). The first-order valence-electron chi connectivity index (χ1n) is 8.51. The van der Waals surface area contributed by atoms with Gasteiger partial charge in [-0.1, -0.05) is 18.6 Å². The first-order chi connectivity index (χ1) is 12.0. The molecule has 1 heterocycles. The van der Waals surface area contributed by atoms with Crippen LogP contribution in [-0.4, -0.2) is 35.0 Å². The fourth-order valence-electron chi connectivity index (χ4n) is 4.29. The van der Waals surface area contributed by atoms with Crippen molar-refractivity contribution in [2.75, 3.05) is 0 Å². The van der Waals surface area contributed by atoms with Crippen molar-refractivity contribution in [3.8, 4) is 0 Å². The number of aliphatic imine (C=N–C) groups is 1. The van der Waals surface area contributed by atoms with E-state index in [1.807, 2.05) is 24.3 Å². The highest BCUT2D eigenvalue weighted by molar-refractivity contribution is 14.1. The summed E-state index contributed by atoms with van der Waals surface area (Å²) in [6.07, 6.45) is 5.54. The van der Waals surface area contributed by atoms with Crippen LogP contribution in [0.4, 0.5) is 10.5 Å². The highest BCUT2D eigenvalue weighted by Crippen LogP contribution is 2.47. The van der Waals surface area contributed by atoms with Crippen LogP contribution in [0.5, 0.6) is 0 Å². The highest BCUT2D eigenvalue weighted by Gasteiger charge is 2.50. The number of urea groups is 1. The maximum Gasteiger partial charge on any atom is 0.331 e. The van der Waals surface area contributed by atoms with E-state index in [0.29, 0.717) is 17.5 Å². The van der Waals surface area contributed by atoms with Crippen LogP contribution in [0.3, 0.4) is 0 Å². The molecule has 1 saturated heterocycles. The number of para-hydroxylation sites is 1. The lowest BCUT2D eigenvalue weighted by atomic mass is 9.92. The van der Waals surface area contributed by atoms with Crippen LogP contribution in [0.15, 0.2) is 29.3 Å². The number of rotatable bonds is 3. The summed E-state index contributed by atoms with van der Waals surface area (Å²) in [6.45, 7) is 0. The molecule has 25 heavy (non-hydrogen) atoms. The van der Waals surface area contributed by atoms with Crippen LogP contribution < -0.4 is 5.32 Å². The van der Waals surface area contributed by atoms with E-state index in [1.165, 1.54) is 17.5 Å². The van der Waals surface area contributed by atoms with Gasteiger partial charge in [-0.15, -0.1) is 0 Å². The minimum absolute atomic E-state index is 0.0767. The van der Waals surface area contributed by atoms with Crippen molar-refractivity contribution in [1.29, 1.82) is 0 Å². The molecule has 0 spiro atoms. The van der Waals surface area contributed by atoms with E-state index in [4.69, 9.17) is 0 Å². The van der Waals surface area contributed by atoms with E-state index in [-0.39, 0.29) is 6.04 Å². The van der Waals surface area contributed by atoms with Crippen LogP contribution >= 0.6 is 22.6 Å². The minimum atomic E-state index is -1.05. The number of carbonyl (C=O) groups excluding carboxylic acids is 3. The number of benzene rings is 1. The van der Waals surface area contributed by atoms with Crippen LogP contribution in [-0.2, 0) is 9.59 Å². The van der Waals surface area contributed by atoms with Gasteiger partial charge in [-0.05, 0) is 65.8 Å². The van der Waals surface area contributed by atoms with Crippen molar-refractivity contribution in [3.05, 3.63) is 27.8 Å². The molecule has 0 aromatic heterocycles. The highest BCUT2D eigenvalue weighted by atomic mass is 127. The lowest BCUT2D eigenvalue weighted by molar-refractivity contribution is -0.141. The molecule has 1 aromatic carbocycles. The molecule has 7 heteroatoms. The summed E-state index contributed by atoms with van der Waals surface area (Å²) >= 11 is 2.15. The molecule has 4 atom stereocenters. The summed E-state index contributed by atoms with van der Waals surface area (Å²) in [5, 5.41) is 2.33. The Labute approximate surface area is 159 Å². The van der Waals surface area contributed by atoms with Gasteiger partial charge in [0.15, 0.2) is 5.92 Å². The first kappa shape index (κ1) is 16.7. The lowest BCUT2D eigenvalue weighted by Gasteiger charge is -2.36. The second-order valence-electron chi connectivity index (χ2n) is 6.95. The summed E-state index contributed by atoms with van der Waals surface area (Å²) < 4.78 is 0.932. The molecule has 3 aliphatic rings. The third-order valence-corrected chi connectivity index (χ3v) is 6.39. The molecule has 130 valence electrons. The number of nitrogens with zero attached hydrogens (tertiary/aromatic N) is 2. The molecule has 1 N–H and O–H groups in total. The second kappa shape index (κ2) is 6.51. The summed E-state index contributed by atoms with van der Waals surface area (Å²) in [5.41, 5.74) is 0.701. The fraction of sp³-hybridized carbons (Fsp3) is 0.444. The van der Waals surface area contributed by atoms with Gasteiger partial charge in [-0.25, -0.2) is 4.79 Å². The molecule has 1 aromatic rings. The van der Waals surface area contributed by atoms with Gasteiger partial charge in [0, 0.05) is 15.8 Å². The van der Waals surface area contributed by atoms with Crippen molar-refractivity contribution in [3.63, 3.8) is 0 Å². The van der Waals surface area contributed by atoms with E-state index in [2.05, 4.69) is 32.9 Å². The van der Waals surface area contributed by atoms with Gasteiger partial charge in [-0.2, -0.15) is 0 Å². The van der Waals surface area contributed by atoms with Crippen molar-refractivity contribution in [1.82, 2.24) is 10.2 Å². The van der Waals surface area contributed by atoms with E-state index >= 15 is 0 Å². The number of imide groups is 2. The van der Waals surface area contributed by atoms with Gasteiger partial charge in [0.25, 0.3) is 0 Å². The standard InChI is InChI=1S/C18H18IN3O3/c19-13-3-1-2-4-14(13)20-9-12-16(23)21-18(25)22(17(12)24)15-8-10-5-6-11(15)7-10/h1-4,9-12,15H,5-8H2,(H,21,23,25)/t10-,11-,12-,15-/m0/s1. The zero-order chi connectivity index (χ0) is 17.6. The fourth-order valence-corrected chi connectivity index (χ4v) is 4.82. The number of fused-ring (bicyclic) bond motifs is 2. The summed E-state index contributed by atoms with van der Waals surface area (Å²) in [7, 11) is 0. The number of hydrogen-bond donors (Lipinski definition) is 1. The average Bonchev–Trinajstić information content (AvgIpc) is 3.19. The lowest BCUT2D eigenvalue weighted by Crippen LogP contribution is -2.62. The van der Waals surface area contributed by atoms with E-state index in [0.717, 1.165) is 22.8 Å². The average molecular weight is 451 g/mol. The van der Waals surface area contributed by atoms with Crippen LogP contribution in [0.2, 0.25) is 0 Å². The van der Waals surface area contributed by atoms with Crippen LogP contribution in [0.1, 0.15) is 25.7 Å². The van der Waals surface area contributed by atoms with E-state index < -0.39 is 23.8 Å². The zero-order valence-corrected chi connectivity index (χ0v) is 15.7. The number of halogens is 1. The molecule has 0 radical (unpaired) electrons. The zero-order valence-electron chi connectivity index (χ0n) is 13.5. The van der Waals surface area contributed by atoms with Crippen molar-refractivity contribution in [2.45, 2.75) is 31.7 Å². The quantitative estimate of drug-likeness (QED) is 0.436. The Hall–Kier alpha value is -1.77. The number of carbonyl (C=O) groups is 3. The third-order valence-electron chi connectivity index (χ3n) is 5.48. The van der Waals surface area contributed by atoms with Crippen LogP contribution in [0.25, 0.3) is 0 Å². The SMILES string of the molecule is O=C1NC(=O)N([C@H]2C[C@H]3CC[C@H]2C3)C(=O)[C@H]1C=Nc1ccccc1I. The van der Waals surface area contributed by atoms with Gasteiger partial charge in [0.1, 0.15) is 0 Å². The third kappa shape index (κ3) is 2.98. The molecule has 4 amide bonds. The van der Waals surface area contributed by atoms with Crippen LogP contribution in [0, 0.1) is 21.3 Å². The maximum absolute atomic E-state index is 12.9. The Morgan fingerprint density at radius 2 is 1.96 bits per heavy atom. The number of hydrogen-bond acceptors (Lipinski definition) is 4. The Bertz CT molecular complexity index is 779. The smallest absolute Gasteiger partial charge is 0.277 e. The Morgan fingerprint density at radius 1 is 1.16 bits per heavy atom. The maximum atomic E-state index is 12.9. The Kier molecular flexibility index (Phi) is 4.35. The van der Waals surface area contributed by atoms with Crippen molar-refractivity contribution >= 4 is 52.3 Å². The summed E-state index contributed by atoms with van der Waals surface area (Å²) in [6, 6.07) is 6.82. The molecular formula is C18H18IN3O3. The monoisotopic (exact) mass is 451 g/mol. The second-order valence-corrected chi connectivity index (χ2v) is 8.11. The van der Waals surface area contributed by atoms with Gasteiger partial charge in [0.2, 0.25) is 11.8 Å². The van der Waals surface area contributed by atoms with Gasteiger partial charge >= 0.3 is 6.03 Å². The molecular weight excluding hydrogens is 433 g/mol. The number of amides is 4. The van der Waals surface area contributed by atoms with E-state index in [9.17, 15) is 14.4 Å². The Morgan fingerprint density at radius 3 is 2.64 bits per heavy atom. The topological polar surface area (TPSA) is 78.8 Å². The molecule has 1 aliphatic heterocycles. The number of barbiturate groups is 1. The van der Waals surface area contributed by atoms with E-state index in [1.54, 1.807) is 0 Å². The molecule has 2 aliphatic carbocycles. The first-order valence-corrected chi connectivity index (χ1v) is 9.59. The molecule has 6 nitrogen and oxygen atoms in total. The van der Waals surface area contributed by atoms with Gasteiger partial charge < -0.3 is 0 Å². The Balaban J connectivity index is 1.57. The summed E-state index contributed by atoms with van der Waals surface area (Å²) in [4.78, 5) is 42.9. The van der Waals surface area contributed by atoms with Gasteiger partial charge in [-0.3, -0.25) is 24.8 Å².